The minimum absolute atomic E-state index is 0.0502. The van der Waals surface area contributed by atoms with Crippen LogP contribution in [-0.2, 0) is 26.9 Å². The van der Waals surface area contributed by atoms with Gasteiger partial charge in [-0.1, -0.05) is 30.3 Å². The van der Waals surface area contributed by atoms with Crippen molar-refractivity contribution < 1.29 is 17.6 Å². The molecular weight excluding hydrogens is 441 g/mol. The lowest BCUT2D eigenvalue weighted by Crippen LogP contribution is -2.18. The normalized spacial score (nSPS) is 11.5. The number of halogens is 1. The number of benzene rings is 3. The Kier molecular flexibility index (Phi) is 6.20. The minimum atomic E-state index is -3.77. The number of amides is 1. The third-order valence-corrected chi connectivity index (χ3v) is 7.02. The molecule has 1 amide bonds. The van der Waals surface area contributed by atoms with E-state index in [0.717, 1.165) is 5.69 Å². The maximum absolute atomic E-state index is 13.5. The van der Waals surface area contributed by atoms with Crippen molar-refractivity contribution in [2.24, 2.45) is 0 Å². The summed E-state index contributed by atoms with van der Waals surface area (Å²) >= 11 is 0. The third kappa shape index (κ3) is 5.06. The van der Waals surface area contributed by atoms with Crippen LogP contribution in [0, 0.1) is 5.82 Å². The zero-order chi connectivity index (χ0) is 23.6. The summed E-state index contributed by atoms with van der Waals surface area (Å²) in [5, 5.41) is 3.37. The van der Waals surface area contributed by atoms with Gasteiger partial charge in [-0.05, 0) is 48.0 Å². The zero-order valence-electron chi connectivity index (χ0n) is 18.3. The van der Waals surface area contributed by atoms with Crippen molar-refractivity contribution in [3.8, 4) is 0 Å². The molecule has 0 fully saturated rings. The maximum atomic E-state index is 13.5. The van der Waals surface area contributed by atoms with Crippen LogP contribution in [0.25, 0.3) is 10.9 Å². The number of para-hydroxylation sites is 1. The van der Waals surface area contributed by atoms with Crippen LogP contribution in [0.2, 0.25) is 0 Å². The molecule has 0 aliphatic heterocycles. The Morgan fingerprint density at radius 3 is 2.42 bits per heavy atom. The fraction of sp³-hybridized carbons (Fsp3) is 0.160. The molecule has 1 N–H and O–H groups in total. The first kappa shape index (κ1) is 22.5. The molecule has 1 aromatic heterocycles. The molecule has 6 nitrogen and oxygen atoms in total. The lowest BCUT2D eigenvalue weighted by Gasteiger charge is -2.13. The van der Waals surface area contributed by atoms with Crippen molar-refractivity contribution in [3.05, 3.63) is 90.4 Å². The highest BCUT2D eigenvalue weighted by atomic mass is 32.2. The van der Waals surface area contributed by atoms with Gasteiger partial charge in [0, 0.05) is 42.6 Å². The number of anilines is 2. The lowest BCUT2D eigenvalue weighted by molar-refractivity contribution is -0.116. The maximum Gasteiger partial charge on any atom is 0.244 e. The van der Waals surface area contributed by atoms with Gasteiger partial charge in [-0.3, -0.25) is 4.79 Å². The first-order valence-electron chi connectivity index (χ1n) is 10.4. The predicted molar refractivity (Wildman–Crippen MR) is 129 cm³/mol. The van der Waals surface area contributed by atoms with Gasteiger partial charge in [0.05, 0.1) is 10.6 Å². The number of aromatic nitrogens is 1. The van der Waals surface area contributed by atoms with E-state index in [-0.39, 0.29) is 23.1 Å². The number of hydrogen-bond donors (Lipinski definition) is 1. The number of sulfone groups is 1. The Morgan fingerprint density at radius 1 is 1.00 bits per heavy atom. The Bertz CT molecular complexity index is 1410. The summed E-state index contributed by atoms with van der Waals surface area (Å²) in [5.74, 6) is -1.09. The van der Waals surface area contributed by atoms with E-state index < -0.39 is 15.7 Å². The number of carbonyl (C=O) groups excluding carboxylic acids is 1. The van der Waals surface area contributed by atoms with Crippen LogP contribution >= 0.6 is 0 Å². The molecule has 0 aliphatic carbocycles. The molecule has 4 rings (SSSR count). The molecule has 0 aliphatic rings. The second-order valence-corrected chi connectivity index (χ2v) is 9.97. The molecule has 8 heteroatoms. The van der Waals surface area contributed by atoms with Gasteiger partial charge < -0.3 is 14.8 Å². The van der Waals surface area contributed by atoms with Crippen LogP contribution in [0.3, 0.4) is 0 Å². The summed E-state index contributed by atoms with van der Waals surface area (Å²) in [5.41, 5.74) is 2.66. The highest BCUT2D eigenvalue weighted by Crippen LogP contribution is 2.28. The van der Waals surface area contributed by atoms with Gasteiger partial charge >= 0.3 is 0 Å². The Labute approximate surface area is 192 Å². The quantitative estimate of drug-likeness (QED) is 0.438. The van der Waals surface area contributed by atoms with Gasteiger partial charge in [-0.2, -0.15) is 0 Å². The number of hydrogen-bond acceptors (Lipinski definition) is 4. The molecular formula is C25H24FN3O3S. The van der Waals surface area contributed by atoms with E-state index in [0.29, 0.717) is 22.2 Å². The summed E-state index contributed by atoms with van der Waals surface area (Å²) in [4.78, 5) is 14.8. The van der Waals surface area contributed by atoms with Gasteiger partial charge in [0.15, 0.2) is 9.84 Å². The van der Waals surface area contributed by atoms with Crippen molar-refractivity contribution >= 4 is 38.0 Å². The Balaban J connectivity index is 1.59. The average Bonchev–Trinajstić information content (AvgIpc) is 3.13. The van der Waals surface area contributed by atoms with Crippen LogP contribution < -0.4 is 10.2 Å². The number of nitrogens with zero attached hydrogens (tertiary/aromatic N) is 2. The monoisotopic (exact) mass is 465 g/mol. The Hall–Kier alpha value is -3.65. The number of carbonyl (C=O) groups is 1. The molecule has 1 heterocycles. The molecule has 0 atom stereocenters. The van der Waals surface area contributed by atoms with Crippen LogP contribution in [0.4, 0.5) is 15.8 Å². The number of rotatable bonds is 7. The molecule has 0 bridgehead atoms. The highest BCUT2D eigenvalue weighted by molar-refractivity contribution is 7.90. The number of nitrogens with one attached hydrogen (secondary N) is 1. The fourth-order valence-electron chi connectivity index (χ4n) is 3.71. The SMILES string of the molecule is CN(C)c1ccc(NC(=O)Cn2cc(S(=O)(=O)Cc3cccc(F)c3)c3ccccc32)cc1. The van der Waals surface area contributed by atoms with Crippen molar-refractivity contribution in [1.29, 1.82) is 0 Å². The van der Waals surface area contributed by atoms with Crippen LogP contribution in [0.1, 0.15) is 5.56 Å². The minimum Gasteiger partial charge on any atom is -0.378 e. The summed E-state index contributed by atoms with van der Waals surface area (Å²) < 4.78 is 41.5. The van der Waals surface area contributed by atoms with Gasteiger partial charge in [0.2, 0.25) is 5.91 Å². The van der Waals surface area contributed by atoms with Crippen molar-refractivity contribution in [1.82, 2.24) is 4.57 Å². The van der Waals surface area contributed by atoms with Crippen LogP contribution in [0.5, 0.6) is 0 Å². The van der Waals surface area contributed by atoms with Crippen molar-refractivity contribution in [2.45, 2.75) is 17.2 Å². The fourth-order valence-corrected chi connectivity index (χ4v) is 5.28. The third-order valence-electron chi connectivity index (χ3n) is 5.31. The smallest absolute Gasteiger partial charge is 0.244 e. The largest absolute Gasteiger partial charge is 0.378 e. The summed E-state index contributed by atoms with van der Waals surface area (Å²) in [7, 11) is 0.103. The molecule has 0 saturated heterocycles. The molecule has 33 heavy (non-hydrogen) atoms. The van der Waals surface area contributed by atoms with Crippen LogP contribution in [0.15, 0.2) is 83.9 Å². The van der Waals surface area contributed by atoms with Crippen molar-refractivity contribution in [3.63, 3.8) is 0 Å². The molecule has 3 aromatic carbocycles. The lowest BCUT2D eigenvalue weighted by atomic mass is 10.2. The predicted octanol–water partition coefficient (Wildman–Crippen LogP) is 4.46. The van der Waals surface area contributed by atoms with E-state index in [1.54, 1.807) is 34.9 Å². The molecule has 0 radical (unpaired) electrons. The average molecular weight is 466 g/mol. The Morgan fingerprint density at radius 2 is 1.73 bits per heavy atom. The van der Waals surface area contributed by atoms with Crippen molar-refractivity contribution in [2.75, 3.05) is 24.3 Å². The van der Waals surface area contributed by atoms with Gasteiger partial charge in [-0.15, -0.1) is 0 Å². The molecule has 0 spiro atoms. The van der Waals surface area contributed by atoms with Gasteiger partial charge in [0.25, 0.3) is 0 Å². The van der Waals surface area contributed by atoms with E-state index in [1.807, 2.05) is 43.3 Å². The van der Waals surface area contributed by atoms with E-state index in [9.17, 15) is 17.6 Å². The van der Waals surface area contributed by atoms with Crippen LogP contribution in [-0.4, -0.2) is 33.0 Å². The van der Waals surface area contributed by atoms with E-state index >= 15 is 0 Å². The first-order chi connectivity index (χ1) is 15.7. The van der Waals surface area contributed by atoms with E-state index in [1.165, 1.54) is 24.4 Å². The van der Waals surface area contributed by atoms with Gasteiger partial charge in [-0.25, -0.2) is 12.8 Å². The number of fused-ring (bicyclic) bond motifs is 1. The van der Waals surface area contributed by atoms with E-state index in [4.69, 9.17) is 0 Å². The van der Waals surface area contributed by atoms with E-state index in [2.05, 4.69) is 5.32 Å². The second kappa shape index (κ2) is 9.07. The standard InChI is InChI=1S/C25H24FN3O3S/c1-28(2)21-12-10-20(11-13-21)27-25(30)16-29-15-24(22-8-3-4-9-23(22)29)33(31,32)17-18-6-5-7-19(26)14-18/h3-15H,16-17H2,1-2H3,(H,27,30). The molecule has 0 unspecified atom stereocenters. The van der Waals surface area contributed by atoms with Gasteiger partial charge in [0.1, 0.15) is 12.4 Å². The molecule has 170 valence electrons. The zero-order valence-corrected chi connectivity index (χ0v) is 19.1. The second-order valence-electron chi connectivity index (χ2n) is 8.02. The summed E-state index contributed by atoms with van der Waals surface area (Å²) in [6.45, 7) is -0.0502. The first-order valence-corrected chi connectivity index (χ1v) is 12.0. The summed E-state index contributed by atoms with van der Waals surface area (Å²) in [6, 6.07) is 20.0. The topological polar surface area (TPSA) is 71.4 Å². The highest BCUT2D eigenvalue weighted by Gasteiger charge is 2.22. The molecule has 0 saturated carbocycles. The molecule has 4 aromatic rings. The summed E-state index contributed by atoms with van der Waals surface area (Å²) in [6.07, 6.45) is 1.48.